The number of carbonyl (C=O) groups excluding carboxylic acids is 1. The Morgan fingerprint density at radius 2 is 1.88 bits per heavy atom. The van der Waals surface area contributed by atoms with Gasteiger partial charge in [0.05, 0.1) is 52.7 Å². The highest BCUT2D eigenvalue weighted by molar-refractivity contribution is 5.90. The molecule has 2 saturated heterocycles. The lowest BCUT2D eigenvalue weighted by molar-refractivity contribution is 0.0113. The number of urea groups is 1. The minimum absolute atomic E-state index is 0.0433. The van der Waals surface area contributed by atoms with Gasteiger partial charge in [-0.15, -0.1) is 0 Å². The van der Waals surface area contributed by atoms with Gasteiger partial charge in [-0.2, -0.15) is 0 Å². The minimum Gasteiger partial charge on any atom is -0.493 e. The number of carbonyl (C=O) groups is 1. The molecule has 8 nitrogen and oxygen atoms in total. The number of amides is 2. The Labute approximate surface area is 147 Å². The predicted octanol–water partition coefficient (Wildman–Crippen LogP) is 0.925. The summed E-state index contributed by atoms with van der Waals surface area (Å²) in [5.74, 6) is 1.18. The Balaban J connectivity index is 1.58. The minimum atomic E-state index is -0.263. The van der Waals surface area contributed by atoms with Crippen LogP contribution in [0.25, 0.3) is 0 Å². The molecular formula is C17H25N3O5. The third kappa shape index (κ3) is 4.33. The lowest BCUT2D eigenvalue weighted by Gasteiger charge is -2.34. The SMILES string of the molecule is COc1ccc(NC(=O)N[C@H]2COC[C@@H]2N2CCOCC2)cc1OC. The van der Waals surface area contributed by atoms with E-state index in [4.69, 9.17) is 18.9 Å². The summed E-state index contributed by atoms with van der Waals surface area (Å²) in [5, 5.41) is 5.85. The molecule has 1 aromatic carbocycles. The van der Waals surface area contributed by atoms with Crippen LogP contribution in [0, 0.1) is 0 Å². The number of methoxy groups -OCH3 is 2. The van der Waals surface area contributed by atoms with E-state index in [-0.39, 0.29) is 18.1 Å². The lowest BCUT2D eigenvalue weighted by Crippen LogP contribution is -2.54. The quantitative estimate of drug-likeness (QED) is 0.821. The maximum absolute atomic E-state index is 12.4. The van der Waals surface area contributed by atoms with Crippen molar-refractivity contribution in [1.29, 1.82) is 0 Å². The molecule has 0 radical (unpaired) electrons. The van der Waals surface area contributed by atoms with E-state index in [1.54, 1.807) is 32.4 Å². The van der Waals surface area contributed by atoms with E-state index in [2.05, 4.69) is 15.5 Å². The summed E-state index contributed by atoms with van der Waals surface area (Å²) in [4.78, 5) is 14.7. The van der Waals surface area contributed by atoms with Gasteiger partial charge in [-0.05, 0) is 12.1 Å². The second kappa shape index (κ2) is 8.37. The van der Waals surface area contributed by atoms with Gasteiger partial charge in [0.15, 0.2) is 11.5 Å². The van der Waals surface area contributed by atoms with Gasteiger partial charge in [-0.3, -0.25) is 4.90 Å². The van der Waals surface area contributed by atoms with E-state index < -0.39 is 0 Å². The Bertz CT molecular complexity index is 592. The summed E-state index contributed by atoms with van der Waals surface area (Å²) in [5.41, 5.74) is 0.636. The first-order valence-corrected chi connectivity index (χ1v) is 8.40. The van der Waals surface area contributed by atoms with Crippen LogP contribution >= 0.6 is 0 Å². The molecule has 0 bridgehead atoms. The highest BCUT2D eigenvalue weighted by Gasteiger charge is 2.34. The van der Waals surface area contributed by atoms with Crippen molar-refractivity contribution in [2.24, 2.45) is 0 Å². The van der Waals surface area contributed by atoms with Crippen molar-refractivity contribution >= 4 is 11.7 Å². The van der Waals surface area contributed by atoms with E-state index in [1.165, 1.54) is 0 Å². The number of ether oxygens (including phenoxy) is 4. The van der Waals surface area contributed by atoms with Crippen LogP contribution in [-0.2, 0) is 9.47 Å². The van der Waals surface area contributed by atoms with Crippen LogP contribution in [0.15, 0.2) is 18.2 Å². The molecule has 2 fully saturated rings. The summed E-state index contributed by atoms with van der Waals surface area (Å²) < 4.78 is 21.4. The maximum Gasteiger partial charge on any atom is 0.319 e. The van der Waals surface area contributed by atoms with Gasteiger partial charge in [0.1, 0.15) is 0 Å². The van der Waals surface area contributed by atoms with Gasteiger partial charge in [0.25, 0.3) is 0 Å². The summed E-state index contributed by atoms with van der Waals surface area (Å²) in [6, 6.07) is 5.12. The summed E-state index contributed by atoms with van der Waals surface area (Å²) >= 11 is 0. The monoisotopic (exact) mass is 351 g/mol. The van der Waals surface area contributed by atoms with Crippen molar-refractivity contribution in [2.75, 3.05) is 59.1 Å². The molecule has 2 atom stereocenters. The van der Waals surface area contributed by atoms with Crippen LogP contribution in [-0.4, -0.2) is 76.8 Å². The van der Waals surface area contributed by atoms with E-state index in [0.717, 1.165) is 26.3 Å². The molecule has 8 heteroatoms. The molecule has 0 saturated carbocycles. The number of hydrogen-bond donors (Lipinski definition) is 2. The zero-order valence-electron chi connectivity index (χ0n) is 14.6. The van der Waals surface area contributed by atoms with Gasteiger partial charge in [0.2, 0.25) is 0 Å². The third-order valence-corrected chi connectivity index (χ3v) is 4.52. The maximum atomic E-state index is 12.4. The largest absolute Gasteiger partial charge is 0.493 e. The van der Waals surface area contributed by atoms with Crippen molar-refractivity contribution in [2.45, 2.75) is 12.1 Å². The van der Waals surface area contributed by atoms with Crippen LogP contribution in [0.3, 0.4) is 0 Å². The van der Waals surface area contributed by atoms with E-state index in [9.17, 15) is 4.79 Å². The number of hydrogen-bond acceptors (Lipinski definition) is 6. The zero-order chi connectivity index (χ0) is 17.6. The number of nitrogens with zero attached hydrogens (tertiary/aromatic N) is 1. The molecule has 3 rings (SSSR count). The molecular weight excluding hydrogens is 326 g/mol. The van der Waals surface area contributed by atoms with Crippen molar-refractivity contribution < 1.29 is 23.7 Å². The fourth-order valence-electron chi connectivity index (χ4n) is 3.20. The number of rotatable bonds is 5. The fraction of sp³-hybridized carbons (Fsp3) is 0.588. The molecule has 0 aliphatic carbocycles. The Hall–Kier alpha value is -2.03. The van der Waals surface area contributed by atoms with Crippen molar-refractivity contribution in [3.8, 4) is 11.5 Å². The second-order valence-corrected chi connectivity index (χ2v) is 6.03. The van der Waals surface area contributed by atoms with Gasteiger partial charge in [-0.1, -0.05) is 0 Å². The molecule has 1 aromatic rings. The molecule has 0 spiro atoms. The normalized spacial score (nSPS) is 23.9. The number of morpholine rings is 1. The van der Waals surface area contributed by atoms with Crippen molar-refractivity contribution in [1.82, 2.24) is 10.2 Å². The first kappa shape index (κ1) is 17.8. The number of benzene rings is 1. The summed E-state index contributed by atoms with van der Waals surface area (Å²) in [7, 11) is 3.13. The molecule has 2 N–H and O–H groups in total. The molecule has 25 heavy (non-hydrogen) atoms. The van der Waals surface area contributed by atoms with Gasteiger partial charge >= 0.3 is 6.03 Å². The van der Waals surface area contributed by atoms with Crippen LogP contribution in [0.5, 0.6) is 11.5 Å². The van der Waals surface area contributed by atoms with Crippen molar-refractivity contribution in [3.05, 3.63) is 18.2 Å². The summed E-state index contributed by atoms with van der Waals surface area (Å²) in [6.07, 6.45) is 0. The lowest BCUT2D eigenvalue weighted by atomic mass is 10.1. The zero-order valence-corrected chi connectivity index (χ0v) is 14.6. The van der Waals surface area contributed by atoms with Crippen LogP contribution in [0.4, 0.5) is 10.5 Å². The molecule has 0 unspecified atom stereocenters. The molecule has 138 valence electrons. The average Bonchev–Trinajstić information content (AvgIpc) is 3.10. The average molecular weight is 351 g/mol. The molecule has 0 aromatic heterocycles. The second-order valence-electron chi connectivity index (χ2n) is 6.03. The van der Waals surface area contributed by atoms with E-state index in [0.29, 0.717) is 30.4 Å². The number of nitrogens with one attached hydrogen (secondary N) is 2. The Morgan fingerprint density at radius 1 is 1.12 bits per heavy atom. The first-order valence-electron chi connectivity index (χ1n) is 8.40. The van der Waals surface area contributed by atoms with Crippen molar-refractivity contribution in [3.63, 3.8) is 0 Å². The van der Waals surface area contributed by atoms with E-state index >= 15 is 0 Å². The summed E-state index contributed by atoms with van der Waals surface area (Å²) in [6.45, 7) is 4.32. The van der Waals surface area contributed by atoms with Gasteiger partial charge in [-0.25, -0.2) is 4.79 Å². The number of anilines is 1. The molecule has 2 amide bonds. The van der Waals surface area contributed by atoms with Gasteiger partial charge in [0, 0.05) is 24.8 Å². The first-order chi connectivity index (χ1) is 12.2. The Kier molecular flexibility index (Phi) is 5.95. The van der Waals surface area contributed by atoms with Crippen LogP contribution < -0.4 is 20.1 Å². The van der Waals surface area contributed by atoms with Gasteiger partial charge < -0.3 is 29.6 Å². The third-order valence-electron chi connectivity index (χ3n) is 4.52. The highest BCUT2D eigenvalue weighted by atomic mass is 16.5. The standard InChI is InChI=1S/C17H25N3O5/c1-22-15-4-3-12(9-16(15)23-2)18-17(21)19-13-10-25-11-14(13)20-5-7-24-8-6-20/h3-4,9,13-14H,5-8,10-11H2,1-2H3,(H2,18,19,21)/t13-,14-/m0/s1. The van der Waals surface area contributed by atoms with Crippen LogP contribution in [0.2, 0.25) is 0 Å². The Morgan fingerprint density at radius 3 is 2.60 bits per heavy atom. The predicted molar refractivity (Wildman–Crippen MR) is 92.5 cm³/mol. The fourth-order valence-corrected chi connectivity index (χ4v) is 3.20. The molecule has 2 heterocycles. The smallest absolute Gasteiger partial charge is 0.319 e. The topological polar surface area (TPSA) is 81.3 Å². The molecule has 2 aliphatic heterocycles. The van der Waals surface area contributed by atoms with E-state index in [1.807, 2.05) is 0 Å². The van der Waals surface area contributed by atoms with Crippen LogP contribution in [0.1, 0.15) is 0 Å². The molecule has 2 aliphatic rings. The highest BCUT2D eigenvalue weighted by Crippen LogP contribution is 2.29.